The molecule has 3 aromatic rings. The lowest BCUT2D eigenvalue weighted by molar-refractivity contribution is -0.130. The number of benzene rings is 1. The van der Waals surface area contributed by atoms with E-state index in [-0.39, 0.29) is 24.3 Å². The van der Waals surface area contributed by atoms with E-state index in [0.29, 0.717) is 23.8 Å². The Hall–Kier alpha value is -3.95. The van der Waals surface area contributed by atoms with Gasteiger partial charge in [-0.15, -0.1) is 0 Å². The van der Waals surface area contributed by atoms with Crippen LogP contribution in [0.2, 0.25) is 0 Å². The molecule has 37 heavy (non-hydrogen) atoms. The van der Waals surface area contributed by atoms with Crippen molar-refractivity contribution in [2.75, 3.05) is 13.1 Å². The van der Waals surface area contributed by atoms with Crippen LogP contribution in [0.15, 0.2) is 35.1 Å². The van der Waals surface area contributed by atoms with Crippen molar-refractivity contribution in [1.29, 1.82) is 0 Å². The number of nitrogens with one attached hydrogen (secondary N) is 2. The highest BCUT2D eigenvalue weighted by Gasteiger charge is 2.62. The molecule has 5 rings (SSSR count). The summed E-state index contributed by atoms with van der Waals surface area (Å²) in [7, 11) is 0. The number of carbonyl (C=O) groups is 3. The zero-order valence-electron chi connectivity index (χ0n) is 21.8. The van der Waals surface area contributed by atoms with Crippen LogP contribution < -0.4 is 17.0 Å². The lowest BCUT2D eigenvalue weighted by Crippen LogP contribution is -2.34. The second-order valence-electron chi connectivity index (χ2n) is 10.4. The summed E-state index contributed by atoms with van der Waals surface area (Å²) in [4.78, 5) is 47.9. The molecular weight excluding hydrogens is 472 g/mol. The number of H-pyrrole nitrogens is 2. The number of primary amides is 2. The molecule has 198 valence electrons. The van der Waals surface area contributed by atoms with Gasteiger partial charge in [-0.1, -0.05) is 25.5 Å². The molecule has 1 saturated carbocycles. The van der Waals surface area contributed by atoms with E-state index in [1.54, 1.807) is 0 Å². The fourth-order valence-corrected chi connectivity index (χ4v) is 4.98. The number of hydrogen-bond donors (Lipinski definition) is 4. The summed E-state index contributed by atoms with van der Waals surface area (Å²) >= 11 is 0. The van der Waals surface area contributed by atoms with Gasteiger partial charge in [0.1, 0.15) is 0 Å². The van der Waals surface area contributed by atoms with Crippen LogP contribution >= 0.6 is 0 Å². The smallest absolute Gasteiger partial charge is 0.251 e. The zero-order valence-corrected chi connectivity index (χ0v) is 21.8. The minimum absolute atomic E-state index is 0.150. The number of piperidine rings is 1. The van der Waals surface area contributed by atoms with Gasteiger partial charge < -0.3 is 21.4 Å². The first-order valence-electron chi connectivity index (χ1n) is 12.3. The molecule has 0 radical (unpaired) electrons. The Morgan fingerprint density at radius 2 is 1.81 bits per heavy atom. The first-order valence-corrected chi connectivity index (χ1v) is 12.3. The maximum Gasteiger partial charge on any atom is 0.251 e. The molecular formula is C27H36N6O4. The molecule has 2 fully saturated rings. The predicted octanol–water partition coefficient (Wildman–Crippen LogP) is 1.73. The lowest BCUT2D eigenvalue weighted by atomic mass is 10.1. The Morgan fingerprint density at radius 1 is 1.16 bits per heavy atom. The normalized spacial score (nSPS) is 18.6. The highest BCUT2D eigenvalue weighted by molar-refractivity contribution is 5.80. The third kappa shape index (κ3) is 6.84. The van der Waals surface area contributed by atoms with Crippen molar-refractivity contribution in [3.8, 4) is 0 Å². The highest BCUT2D eigenvalue weighted by Crippen LogP contribution is 2.61. The fourth-order valence-electron chi connectivity index (χ4n) is 4.98. The van der Waals surface area contributed by atoms with Crippen molar-refractivity contribution in [3.05, 3.63) is 63.2 Å². The Bertz CT molecular complexity index is 1330. The average molecular weight is 509 g/mol. The number of carbonyl (C=O) groups excluding carboxylic acids is 3. The van der Waals surface area contributed by atoms with Crippen LogP contribution in [-0.4, -0.2) is 51.4 Å². The van der Waals surface area contributed by atoms with Crippen LogP contribution in [0.25, 0.3) is 10.9 Å². The molecule has 2 aromatic heterocycles. The third-order valence-electron chi connectivity index (χ3n) is 7.28. The number of nitrogens with two attached hydrogens (primary N) is 2. The van der Waals surface area contributed by atoms with Gasteiger partial charge in [-0.25, -0.2) is 0 Å². The van der Waals surface area contributed by atoms with Crippen LogP contribution in [0, 0.1) is 31.1 Å². The number of hydrogen-bond acceptors (Lipinski definition) is 5. The summed E-state index contributed by atoms with van der Waals surface area (Å²) < 4.78 is 0. The van der Waals surface area contributed by atoms with Gasteiger partial charge in [0.15, 0.2) is 0 Å². The highest BCUT2D eigenvalue weighted by atomic mass is 16.2. The van der Waals surface area contributed by atoms with E-state index in [4.69, 9.17) is 10.5 Å². The van der Waals surface area contributed by atoms with Crippen LogP contribution in [0.4, 0.5) is 0 Å². The number of likely N-dealkylation sites (tertiary alicyclic amines) is 1. The number of aromatic amines is 2. The predicted molar refractivity (Wildman–Crippen MR) is 141 cm³/mol. The van der Waals surface area contributed by atoms with Crippen molar-refractivity contribution in [1.82, 2.24) is 20.1 Å². The number of pyridine rings is 1. The molecule has 1 aromatic carbocycles. The number of fused-ring (bicyclic) bond motifs is 2. The van der Waals surface area contributed by atoms with Gasteiger partial charge in [0.05, 0.1) is 12.1 Å². The van der Waals surface area contributed by atoms with Crippen molar-refractivity contribution >= 4 is 29.1 Å². The second-order valence-corrected chi connectivity index (χ2v) is 10.4. The quantitative estimate of drug-likeness (QED) is 0.384. The maximum absolute atomic E-state index is 12.1. The Labute approximate surface area is 215 Å². The monoisotopic (exact) mass is 508 g/mol. The molecule has 0 spiro atoms. The summed E-state index contributed by atoms with van der Waals surface area (Å²) in [5.74, 6) is 1.29. The minimum Gasteiger partial charge on any atom is -0.372 e. The summed E-state index contributed by atoms with van der Waals surface area (Å²) in [6.45, 7) is 10.4. The molecule has 6 N–H and O–H groups in total. The lowest BCUT2D eigenvalue weighted by Gasteiger charge is -2.21. The van der Waals surface area contributed by atoms with Crippen LogP contribution in [0.1, 0.15) is 42.8 Å². The van der Waals surface area contributed by atoms with Gasteiger partial charge in [0.2, 0.25) is 18.2 Å². The van der Waals surface area contributed by atoms with E-state index in [0.717, 1.165) is 52.8 Å². The SMILES string of the molecule is Cc1cc(CC(=O)N2CC3C(C2)C3(C)C)n[nH]1.Cc1ccc2[nH]c(=O)c(CCC(N)=O)cc2c1.NC=O. The van der Waals surface area contributed by atoms with Gasteiger partial charge in [0, 0.05) is 36.3 Å². The van der Waals surface area contributed by atoms with E-state index in [1.807, 2.05) is 49.1 Å². The van der Waals surface area contributed by atoms with E-state index in [9.17, 15) is 14.4 Å². The molecule has 2 aliphatic rings. The Morgan fingerprint density at radius 3 is 2.38 bits per heavy atom. The van der Waals surface area contributed by atoms with Gasteiger partial charge in [-0.05, 0) is 67.2 Å². The fraction of sp³-hybridized carbons (Fsp3) is 0.444. The maximum atomic E-state index is 12.1. The number of aromatic nitrogens is 3. The summed E-state index contributed by atoms with van der Waals surface area (Å²) in [6, 6.07) is 9.59. The third-order valence-corrected chi connectivity index (χ3v) is 7.28. The number of aryl methyl sites for hydroxylation is 3. The van der Waals surface area contributed by atoms with Crippen molar-refractivity contribution in [3.63, 3.8) is 0 Å². The number of nitrogens with zero attached hydrogens (tertiary/aromatic N) is 2. The van der Waals surface area contributed by atoms with Crippen LogP contribution in [-0.2, 0) is 27.2 Å². The Balaban J connectivity index is 0.000000186. The van der Waals surface area contributed by atoms with E-state index in [1.165, 1.54) is 0 Å². The van der Waals surface area contributed by atoms with E-state index >= 15 is 0 Å². The molecule has 10 nitrogen and oxygen atoms in total. The molecule has 1 aliphatic heterocycles. The molecule has 10 heteroatoms. The summed E-state index contributed by atoms with van der Waals surface area (Å²) in [5.41, 5.74) is 14.0. The molecule has 2 atom stereocenters. The van der Waals surface area contributed by atoms with Crippen molar-refractivity contribution in [2.45, 2.75) is 47.0 Å². The van der Waals surface area contributed by atoms with E-state index < -0.39 is 5.91 Å². The van der Waals surface area contributed by atoms with Gasteiger partial charge >= 0.3 is 0 Å². The van der Waals surface area contributed by atoms with E-state index in [2.05, 4.69) is 34.8 Å². The summed E-state index contributed by atoms with van der Waals surface area (Å²) in [6.07, 6.45) is 1.26. The molecule has 3 amide bonds. The Kier molecular flexibility index (Phi) is 8.52. The summed E-state index contributed by atoms with van der Waals surface area (Å²) in [5, 5.41) is 7.96. The van der Waals surface area contributed by atoms with Gasteiger partial charge in [-0.2, -0.15) is 5.10 Å². The number of rotatable bonds is 5. The molecule has 3 heterocycles. The number of amides is 3. The standard InChI is InChI=1S/C13H19N3O.C13H14N2O2.CH3NO/c1-8-4-9(15-14-8)5-12(17)16-6-10-11(7-16)13(10,2)3;1-8-2-4-11-10(6-8)7-9(13(17)15-11)3-5-12(14)16;2-1-3/h4,10-11H,5-7H2,1-3H3,(H,14,15);2,4,6-7H,3,5H2,1H3,(H2,14,16)(H,15,17);1H,(H2,2,3). The minimum atomic E-state index is -0.395. The largest absolute Gasteiger partial charge is 0.372 e. The van der Waals surface area contributed by atoms with Gasteiger partial charge in [0.25, 0.3) is 5.56 Å². The van der Waals surface area contributed by atoms with Crippen molar-refractivity contribution in [2.24, 2.45) is 28.7 Å². The first kappa shape index (κ1) is 27.6. The van der Waals surface area contributed by atoms with Gasteiger partial charge in [-0.3, -0.25) is 24.3 Å². The molecule has 1 saturated heterocycles. The average Bonchev–Trinajstić information content (AvgIpc) is 3.23. The molecule has 2 unspecified atom stereocenters. The van der Waals surface area contributed by atoms with Crippen LogP contribution in [0.5, 0.6) is 0 Å². The van der Waals surface area contributed by atoms with Crippen LogP contribution in [0.3, 0.4) is 0 Å². The first-order chi connectivity index (χ1) is 17.5. The topological polar surface area (TPSA) is 168 Å². The van der Waals surface area contributed by atoms with Crippen molar-refractivity contribution < 1.29 is 14.4 Å². The zero-order chi connectivity index (χ0) is 27.3. The molecule has 1 aliphatic carbocycles. The second kappa shape index (κ2) is 11.4. The molecule has 0 bridgehead atoms.